The number of hydrogen-bond acceptors (Lipinski definition) is 29. The van der Waals surface area contributed by atoms with Gasteiger partial charge in [0.1, 0.15) is 101 Å². The maximum Gasteiger partial charge on any atom is 0.349 e. The molecule has 14 rings (SSSR count). The summed E-state index contributed by atoms with van der Waals surface area (Å²) in [5.74, 6) is -15.8. The van der Waals surface area contributed by atoms with Crippen molar-refractivity contribution in [1.82, 2.24) is 62.9 Å². The maximum atomic E-state index is 16.3. The number of aromatic nitrogens is 2. The van der Waals surface area contributed by atoms with Crippen LogP contribution in [0.3, 0.4) is 0 Å². The second-order valence-electron chi connectivity index (χ2n) is 30.6. The molecule has 7 aromatic rings. The topological polar surface area (TPSA) is 584 Å². The summed E-state index contributed by atoms with van der Waals surface area (Å²) in [6.07, 6.45) is -15.3. The molecule has 0 spiro atoms. The molecule has 42 heteroatoms. The fraction of sp³-hybridized carbons (Fsp3) is 0.378. The maximum absolute atomic E-state index is 16.3. The zero-order chi connectivity index (χ0) is 89.6. The van der Waals surface area contributed by atoms with Gasteiger partial charge in [0, 0.05) is 66.6 Å². The highest BCUT2D eigenvalue weighted by Crippen LogP contribution is 2.50. The number of anilines is 1. The van der Waals surface area contributed by atoms with Crippen LogP contribution in [0.4, 0.5) is 5.82 Å². The number of benzene rings is 6. The number of amides is 9. The van der Waals surface area contributed by atoms with Crippen LogP contribution in [-0.2, 0) is 63.9 Å². The van der Waals surface area contributed by atoms with E-state index in [0.717, 1.165) is 60.7 Å². The smallest absolute Gasteiger partial charge is 0.349 e. The average Bonchev–Trinajstić information content (AvgIpc) is 0.762. The number of ether oxygens (including phenoxy) is 6. The van der Waals surface area contributed by atoms with Crippen molar-refractivity contribution in [2.24, 2.45) is 11.7 Å². The molecule has 0 radical (unpaired) electrons. The first-order valence-corrected chi connectivity index (χ1v) is 40.0. The van der Waals surface area contributed by atoms with Crippen LogP contribution in [0.15, 0.2) is 126 Å². The first kappa shape index (κ1) is 91.6. The number of hydrazine groups is 1. The summed E-state index contributed by atoms with van der Waals surface area (Å²) in [6.45, 7) is 5.62. The molecule has 6 aromatic carbocycles. The number of phenols is 3. The minimum Gasteiger partial charge on any atom is -0.508 e. The van der Waals surface area contributed by atoms with Gasteiger partial charge in [0.05, 0.1) is 41.3 Å². The summed E-state index contributed by atoms with van der Waals surface area (Å²) >= 11 is 20.3. The Kier molecular flexibility index (Phi) is 28.8. The molecular formula is C82H91Cl3N14O25. The van der Waals surface area contributed by atoms with Gasteiger partial charge in [-0.2, -0.15) is 4.98 Å². The van der Waals surface area contributed by atoms with Crippen molar-refractivity contribution in [3.63, 3.8) is 0 Å². The van der Waals surface area contributed by atoms with E-state index in [1.54, 1.807) is 31.2 Å². The van der Waals surface area contributed by atoms with E-state index in [0.29, 0.717) is 10.6 Å². The van der Waals surface area contributed by atoms with Crippen LogP contribution >= 0.6 is 34.8 Å². The van der Waals surface area contributed by atoms with E-state index < -0.39 is 254 Å². The Hall–Kier alpha value is -11.6. The summed E-state index contributed by atoms with van der Waals surface area (Å²) in [5, 5.41) is 130. The van der Waals surface area contributed by atoms with Gasteiger partial charge < -0.3 is 128 Å². The van der Waals surface area contributed by atoms with Gasteiger partial charge in [-0.3, -0.25) is 53.1 Å². The van der Waals surface area contributed by atoms with Crippen molar-refractivity contribution in [2.75, 3.05) is 32.6 Å². The predicted octanol–water partition coefficient (Wildman–Crippen LogP) is 1.47. The zero-order valence-corrected chi connectivity index (χ0v) is 69.2. The quantitative estimate of drug-likeness (QED) is 0.0358. The van der Waals surface area contributed by atoms with Crippen molar-refractivity contribution >= 4 is 99.9 Å². The molecule has 11 bridgehead atoms. The first-order chi connectivity index (χ1) is 58.9. The molecule has 18 unspecified atom stereocenters. The van der Waals surface area contributed by atoms with E-state index in [9.17, 15) is 69.9 Å². The number of nitrogens with one attached hydrogen (secondary N) is 11. The second-order valence-corrected chi connectivity index (χ2v) is 31.9. The highest BCUT2D eigenvalue weighted by molar-refractivity contribution is 6.32. The van der Waals surface area contributed by atoms with Gasteiger partial charge in [-0.05, 0) is 145 Å². The summed E-state index contributed by atoms with van der Waals surface area (Å²) < 4.78 is 40.6. The summed E-state index contributed by atoms with van der Waals surface area (Å²) in [6, 6.07) is 7.91. The van der Waals surface area contributed by atoms with Gasteiger partial charge in [0.15, 0.2) is 23.9 Å². The number of carbonyl (C=O) groups excluding carboxylic acids is 9. The Labute approximate surface area is 721 Å². The summed E-state index contributed by atoms with van der Waals surface area (Å²) in [4.78, 5) is 150. The number of rotatable bonds is 21. The molecule has 2 saturated heterocycles. The molecule has 0 aliphatic carbocycles. The normalized spacial score (nSPS) is 26.1. The number of aliphatic hydroxyl groups excluding tert-OH is 6. The van der Waals surface area contributed by atoms with Gasteiger partial charge in [-0.1, -0.05) is 79.0 Å². The molecule has 124 heavy (non-hydrogen) atoms. The molecule has 18 atom stereocenters. The van der Waals surface area contributed by atoms with E-state index in [2.05, 4.69) is 63.7 Å². The van der Waals surface area contributed by atoms with E-state index in [1.165, 1.54) is 68.2 Å². The number of carbonyl (C=O) groups is 9. The lowest BCUT2D eigenvalue weighted by molar-refractivity contribution is -0.334. The molecule has 22 N–H and O–H groups in total. The third-order valence-corrected chi connectivity index (χ3v) is 22.1. The average molecular weight is 1780 g/mol. The molecular weight excluding hydrogens is 1690 g/mol. The predicted molar refractivity (Wildman–Crippen MR) is 440 cm³/mol. The highest BCUT2D eigenvalue weighted by Gasteiger charge is 2.52. The van der Waals surface area contributed by atoms with Crippen LogP contribution < -0.4 is 84.3 Å². The van der Waals surface area contributed by atoms with Crippen LogP contribution in [0.2, 0.25) is 15.1 Å². The Bertz CT molecular complexity index is 5340. The van der Waals surface area contributed by atoms with Gasteiger partial charge >= 0.3 is 5.69 Å². The largest absolute Gasteiger partial charge is 0.508 e. The fourth-order valence-electron chi connectivity index (χ4n) is 14.9. The van der Waals surface area contributed by atoms with Crippen molar-refractivity contribution in [3.8, 4) is 57.1 Å². The first-order valence-electron chi connectivity index (χ1n) is 38.9. The van der Waals surface area contributed by atoms with Crippen LogP contribution in [0.5, 0.6) is 46.0 Å². The lowest BCUT2D eigenvalue weighted by Gasteiger charge is -2.48. The third-order valence-electron chi connectivity index (χ3n) is 21.3. The molecule has 9 amide bonds. The van der Waals surface area contributed by atoms with E-state index in [1.807, 2.05) is 13.8 Å². The second kappa shape index (κ2) is 39.1. The number of aromatic hydroxyl groups is 3. The Balaban J connectivity index is 0.996. The Morgan fingerprint density at radius 1 is 0.718 bits per heavy atom. The van der Waals surface area contributed by atoms with E-state index >= 15 is 24.0 Å². The SMILES string of the molecule is CNNC(=O)C1NC(=O)C2NC(=O)C(NC(=O)C3NC(=O)C(CC(N)=O)NC(=O)C(NC(=O)C(CC(C)C)NC)C(O)c4ccc(c(Cl)c4)Oc4cc3cc(c4OC3OC(CO)C(O)C(O)C3OC3CC(C)(NCCn4ccc(NC(=O)/C=C/c5ccc(Cl)cc5)nc4=O)C(O)C(C)O3)Oc3ccc(cc3Cl)C2O)c2ccc(O)c(c2)-c2c(O)cc(O)cc21. The van der Waals surface area contributed by atoms with Crippen LogP contribution in [0.1, 0.15) is 111 Å². The van der Waals surface area contributed by atoms with Crippen LogP contribution in [0.25, 0.3) is 17.2 Å². The van der Waals surface area contributed by atoms with Gasteiger partial charge in [-0.15, -0.1) is 0 Å². The molecule has 7 aliphatic rings. The van der Waals surface area contributed by atoms with Crippen molar-refractivity contribution in [3.05, 3.63) is 180 Å². The van der Waals surface area contributed by atoms with Gasteiger partial charge in [-0.25, -0.2) is 10.2 Å². The zero-order valence-electron chi connectivity index (χ0n) is 66.9. The number of fused-ring (bicyclic) bond motifs is 15. The number of nitrogens with two attached hydrogens (primary N) is 1. The van der Waals surface area contributed by atoms with E-state index in [4.69, 9.17) is 69.0 Å². The summed E-state index contributed by atoms with van der Waals surface area (Å²) in [5.41, 5.74) is 6.52. The summed E-state index contributed by atoms with van der Waals surface area (Å²) in [7, 11) is 2.75. The molecule has 39 nitrogen and oxygen atoms in total. The Morgan fingerprint density at radius 2 is 1.36 bits per heavy atom. The molecule has 1 aromatic heterocycles. The number of primary amides is 1. The molecule has 2 fully saturated rings. The van der Waals surface area contributed by atoms with Gasteiger partial charge in [0.25, 0.3) is 5.91 Å². The number of nitrogens with zero attached hydrogens (tertiary/aromatic N) is 2. The Morgan fingerprint density at radius 3 is 1.99 bits per heavy atom. The fourth-order valence-corrected chi connectivity index (χ4v) is 15.5. The lowest BCUT2D eigenvalue weighted by atomic mass is 9.85. The molecule has 0 saturated carbocycles. The van der Waals surface area contributed by atoms with Crippen molar-refractivity contribution < 1.29 is 118 Å². The van der Waals surface area contributed by atoms with Crippen molar-refractivity contribution in [1.29, 1.82) is 0 Å². The molecule has 660 valence electrons. The highest BCUT2D eigenvalue weighted by atomic mass is 35.5. The molecule has 8 heterocycles. The number of halogens is 3. The van der Waals surface area contributed by atoms with Crippen LogP contribution in [-0.4, -0.2) is 215 Å². The number of hydrogen-bond donors (Lipinski definition) is 21. The monoisotopic (exact) mass is 1780 g/mol. The number of phenolic OH excluding ortho intramolecular Hbond substituents is 3. The third kappa shape index (κ3) is 20.7. The lowest BCUT2D eigenvalue weighted by Crippen LogP contribution is -2.65. The standard InChI is InChI=1S/C82H91Cl3N14O25/c1-34(2)23-47(87-5)73(111)96-64-66(106)38-11-16-51(45(84)25-38)120-53-27-40-28-54(70(53)124-80-71(69(109)68(108)55(33-100)122-80)123-59-32-82(4,72(110)35(3)119-59)89-20-22-99-21-19-57(92-81(99)118)91-58(105)18-9-36-7-13-41(83)14-8-36)121-52-17-12-39(26-46(52)85)67(107)65-78(116)95-63(79(117)98-88-6)44-29-42(101)30-50(103)60(44)43-24-37(10-15-49(43)102)61(75(113)97-65)94-76(114)62(40)93-74(112)48(31-56(86)104)90-77(64)115/h7-19,21,24-30,34-35,47-48,55,59,61-69,71-72,80,87-89,100-103,106-110H,20,22-23,31-33H2,1-6H3,(H2,86,104)(H,90,115)(H,93,112)(H,94,114)(H,95,116)(H,96,111)(H,97,113)(H,98,117)(H,91,92,105,118)/b18-9+. The number of aliphatic hydroxyl groups is 6. The van der Waals surface area contributed by atoms with Crippen LogP contribution in [0, 0.1) is 5.92 Å². The van der Waals surface area contributed by atoms with Gasteiger partial charge in [0.2, 0.25) is 59.3 Å². The molecule has 7 aliphatic heterocycles. The van der Waals surface area contributed by atoms with E-state index in [-0.39, 0.29) is 60.1 Å². The number of likely N-dealkylation sites (N-methyl/N-ethyl adjacent to an activating group) is 1. The minimum absolute atomic E-state index is 0.0314. The minimum atomic E-state index is -2.38. The van der Waals surface area contributed by atoms with Crippen molar-refractivity contribution in [2.45, 2.75) is 163 Å².